The summed E-state index contributed by atoms with van der Waals surface area (Å²) in [5, 5.41) is 5.53. The molecule has 0 aliphatic carbocycles. The Morgan fingerprint density at radius 2 is 2.00 bits per heavy atom. The molecule has 2 amide bonds. The van der Waals surface area contributed by atoms with E-state index in [1.807, 2.05) is 13.8 Å². The van der Waals surface area contributed by atoms with Crippen molar-refractivity contribution in [3.63, 3.8) is 0 Å². The van der Waals surface area contributed by atoms with Gasteiger partial charge in [-0.05, 0) is 40.5 Å². The quantitative estimate of drug-likeness (QED) is 0.657. The van der Waals surface area contributed by atoms with Crippen molar-refractivity contribution in [1.29, 1.82) is 0 Å². The van der Waals surface area contributed by atoms with Crippen LogP contribution in [0.2, 0.25) is 0 Å². The van der Waals surface area contributed by atoms with E-state index in [0.29, 0.717) is 13.0 Å². The van der Waals surface area contributed by atoms with Gasteiger partial charge in [-0.25, -0.2) is 0 Å². The minimum atomic E-state index is -0.718. The van der Waals surface area contributed by atoms with Gasteiger partial charge in [-0.1, -0.05) is 0 Å². The molecule has 1 saturated heterocycles. The first-order chi connectivity index (χ1) is 7.66. The third kappa shape index (κ3) is 2.97. The minimum Gasteiger partial charge on any atom is -0.354 e. The Morgan fingerprint density at radius 3 is 2.47 bits per heavy atom. The summed E-state index contributed by atoms with van der Waals surface area (Å²) in [6.07, 6.45) is 1.59. The van der Waals surface area contributed by atoms with Gasteiger partial charge in [0, 0.05) is 12.1 Å². The molecular weight excluding hydrogens is 218 g/mol. The summed E-state index contributed by atoms with van der Waals surface area (Å²) in [7, 11) is 0. The molecule has 0 spiro atoms. The zero-order chi connectivity index (χ0) is 13.3. The van der Waals surface area contributed by atoms with Crippen molar-refractivity contribution in [2.24, 2.45) is 11.1 Å². The van der Waals surface area contributed by atoms with Crippen molar-refractivity contribution in [3.05, 3.63) is 0 Å². The smallest absolute Gasteiger partial charge is 0.242 e. The topological polar surface area (TPSA) is 84.2 Å². The zero-order valence-corrected chi connectivity index (χ0v) is 11.1. The molecule has 1 unspecified atom stereocenters. The lowest BCUT2D eigenvalue weighted by Gasteiger charge is -2.38. The van der Waals surface area contributed by atoms with E-state index in [1.54, 1.807) is 13.8 Å². The average Bonchev–Trinajstić information content (AvgIpc) is 2.19. The largest absolute Gasteiger partial charge is 0.354 e. The molecule has 5 heteroatoms. The highest BCUT2D eigenvalue weighted by Gasteiger charge is 2.41. The first-order valence-corrected chi connectivity index (χ1v) is 6.04. The lowest BCUT2D eigenvalue weighted by Crippen LogP contribution is -2.59. The number of nitrogens with one attached hydrogen (secondary N) is 2. The lowest BCUT2D eigenvalue weighted by molar-refractivity contribution is -0.137. The Hall–Kier alpha value is -1.10. The molecule has 1 aliphatic rings. The molecule has 0 bridgehead atoms. The third-order valence-corrected chi connectivity index (χ3v) is 3.77. The fourth-order valence-electron chi connectivity index (χ4n) is 1.54. The molecule has 1 aliphatic heterocycles. The Morgan fingerprint density at radius 1 is 1.41 bits per heavy atom. The van der Waals surface area contributed by atoms with Gasteiger partial charge >= 0.3 is 0 Å². The summed E-state index contributed by atoms with van der Waals surface area (Å²) >= 11 is 0. The monoisotopic (exact) mass is 241 g/mol. The van der Waals surface area contributed by atoms with Gasteiger partial charge in [-0.2, -0.15) is 0 Å². The van der Waals surface area contributed by atoms with E-state index in [0.717, 1.165) is 6.42 Å². The van der Waals surface area contributed by atoms with E-state index in [1.165, 1.54) is 0 Å². The first kappa shape index (κ1) is 14.0. The predicted molar refractivity (Wildman–Crippen MR) is 66.2 cm³/mol. The minimum absolute atomic E-state index is 0.102. The second kappa shape index (κ2) is 4.64. The molecule has 1 fully saturated rings. The molecule has 0 aromatic carbocycles. The van der Waals surface area contributed by atoms with Gasteiger partial charge in [0.15, 0.2) is 0 Å². The molecular formula is C12H23N3O2. The van der Waals surface area contributed by atoms with Crippen molar-refractivity contribution in [1.82, 2.24) is 10.6 Å². The first-order valence-electron chi connectivity index (χ1n) is 6.04. The van der Waals surface area contributed by atoms with Crippen molar-refractivity contribution in [2.45, 2.75) is 52.1 Å². The lowest BCUT2D eigenvalue weighted by atomic mass is 9.74. The summed E-state index contributed by atoms with van der Waals surface area (Å²) < 4.78 is 0. The molecule has 17 heavy (non-hydrogen) atoms. The van der Waals surface area contributed by atoms with Crippen molar-refractivity contribution in [3.8, 4) is 0 Å². The van der Waals surface area contributed by atoms with Gasteiger partial charge in [-0.3, -0.25) is 9.59 Å². The third-order valence-electron chi connectivity index (χ3n) is 3.77. The Balaban J connectivity index is 2.68. The average molecular weight is 241 g/mol. The number of hydrogen-bond donors (Lipinski definition) is 3. The summed E-state index contributed by atoms with van der Waals surface area (Å²) in [6.45, 7) is 7.91. The highest BCUT2D eigenvalue weighted by atomic mass is 16.2. The highest BCUT2D eigenvalue weighted by molar-refractivity contribution is 5.90. The summed E-state index contributed by atoms with van der Waals surface area (Å²) in [5.41, 5.74) is 4.64. The Bertz CT molecular complexity index is 318. The van der Waals surface area contributed by atoms with Crippen LogP contribution in [-0.2, 0) is 9.59 Å². The van der Waals surface area contributed by atoms with Crippen LogP contribution in [0.1, 0.15) is 40.5 Å². The maximum atomic E-state index is 12.2. The number of piperidine rings is 1. The van der Waals surface area contributed by atoms with Crippen LogP contribution in [0, 0.1) is 5.41 Å². The summed E-state index contributed by atoms with van der Waals surface area (Å²) in [4.78, 5) is 23.7. The van der Waals surface area contributed by atoms with E-state index < -0.39 is 17.0 Å². The van der Waals surface area contributed by atoms with Crippen molar-refractivity contribution in [2.75, 3.05) is 6.54 Å². The van der Waals surface area contributed by atoms with Gasteiger partial charge < -0.3 is 16.4 Å². The van der Waals surface area contributed by atoms with Crippen LogP contribution in [0.4, 0.5) is 0 Å². The Kier molecular flexibility index (Phi) is 3.81. The number of amides is 2. The predicted octanol–water partition coefficient (Wildman–Crippen LogP) is 0.145. The number of hydrogen-bond acceptors (Lipinski definition) is 3. The fraction of sp³-hybridized carbons (Fsp3) is 0.833. The second-order valence-electron chi connectivity index (χ2n) is 5.81. The van der Waals surface area contributed by atoms with E-state index in [4.69, 9.17) is 5.73 Å². The maximum Gasteiger partial charge on any atom is 0.242 e. The SMILES string of the molecule is CC(C)(N)C(C)(C)C(=O)NC1CCCNC1=O. The Labute approximate surface area is 103 Å². The normalized spacial score (nSPS) is 21.9. The standard InChI is InChI=1S/C12H23N3O2/c1-11(2,12(3,4)13)10(17)15-8-6-5-7-14-9(8)16/h8H,5-7,13H2,1-4H3,(H,14,16)(H,15,17). The molecule has 0 aromatic heterocycles. The van der Waals surface area contributed by atoms with Gasteiger partial charge in [0.25, 0.3) is 0 Å². The molecule has 1 atom stereocenters. The molecule has 98 valence electrons. The van der Waals surface area contributed by atoms with E-state index in [2.05, 4.69) is 10.6 Å². The number of nitrogens with two attached hydrogens (primary N) is 1. The van der Waals surface area contributed by atoms with Gasteiger partial charge in [0.2, 0.25) is 11.8 Å². The molecule has 1 heterocycles. The van der Waals surface area contributed by atoms with E-state index in [-0.39, 0.29) is 11.8 Å². The van der Waals surface area contributed by atoms with E-state index in [9.17, 15) is 9.59 Å². The molecule has 0 radical (unpaired) electrons. The maximum absolute atomic E-state index is 12.2. The van der Waals surface area contributed by atoms with Gasteiger partial charge in [0.1, 0.15) is 6.04 Å². The number of rotatable bonds is 3. The number of carbonyl (C=O) groups is 2. The van der Waals surface area contributed by atoms with Gasteiger partial charge in [0.05, 0.1) is 5.41 Å². The molecule has 4 N–H and O–H groups in total. The summed E-state index contributed by atoms with van der Waals surface area (Å²) in [5.74, 6) is -0.276. The molecule has 1 rings (SSSR count). The van der Waals surface area contributed by atoms with Crippen LogP contribution in [0.15, 0.2) is 0 Å². The van der Waals surface area contributed by atoms with Crippen LogP contribution < -0.4 is 16.4 Å². The van der Waals surface area contributed by atoms with Crippen LogP contribution in [0.25, 0.3) is 0 Å². The molecule has 0 aromatic rings. The van der Waals surface area contributed by atoms with Crippen LogP contribution in [-0.4, -0.2) is 29.9 Å². The second-order valence-corrected chi connectivity index (χ2v) is 5.81. The van der Waals surface area contributed by atoms with Crippen LogP contribution in [0.3, 0.4) is 0 Å². The van der Waals surface area contributed by atoms with Crippen LogP contribution in [0.5, 0.6) is 0 Å². The molecule has 0 saturated carbocycles. The van der Waals surface area contributed by atoms with Crippen molar-refractivity contribution >= 4 is 11.8 Å². The highest BCUT2D eigenvalue weighted by Crippen LogP contribution is 2.28. The fourth-order valence-corrected chi connectivity index (χ4v) is 1.54. The van der Waals surface area contributed by atoms with Crippen LogP contribution >= 0.6 is 0 Å². The zero-order valence-electron chi connectivity index (χ0n) is 11.1. The van der Waals surface area contributed by atoms with Crippen molar-refractivity contribution < 1.29 is 9.59 Å². The number of carbonyl (C=O) groups excluding carboxylic acids is 2. The molecule has 5 nitrogen and oxygen atoms in total. The van der Waals surface area contributed by atoms with E-state index >= 15 is 0 Å². The summed E-state index contributed by atoms with van der Waals surface area (Å²) in [6, 6.07) is -0.419. The van der Waals surface area contributed by atoms with Gasteiger partial charge in [-0.15, -0.1) is 0 Å².